The van der Waals surface area contributed by atoms with Crippen LogP contribution in [0.4, 0.5) is 0 Å². The number of aromatic amines is 1. The predicted octanol–water partition coefficient (Wildman–Crippen LogP) is 0.979. The molecule has 0 saturated carbocycles. The molecule has 1 fully saturated rings. The Morgan fingerprint density at radius 2 is 2.26 bits per heavy atom. The third kappa shape index (κ3) is 3.67. The molecular formula is C14H21N3O2. The molecule has 1 unspecified atom stereocenters. The van der Waals surface area contributed by atoms with Crippen molar-refractivity contribution < 1.29 is 4.79 Å². The number of carbonyl (C=O) groups excluding carboxylic acids is 1. The van der Waals surface area contributed by atoms with Crippen molar-refractivity contribution in [3.05, 3.63) is 34.2 Å². The summed E-state index contributed by atoms with van der Waals surface area (Å²) in [5.74, 6) is -0.0221. The number of amides is 1. The van der Waals surface area contributed by atoms with E-state index in [1.807, 2.05) is 11.8 Å². The van der Waals surface area contributed by atoms with Crippen LogP contribution >= 0.6 is 0 Å². The highest BCUT2D eigenvalue weighted by molar-refractivity contribution is 5.93. The van der Waals surface area contributed by atoms with Crippen LogP contribution in [0.15, 0.2) is 23.1 Å². The Morgan fingerprint density at radius 3 is 2.84 bits per heavy atom. The van der Waals surface area contributed by atoms with Crippen LogP contribution in [-0.2, 0) is 0 Å². The molecule has 1 atom stereocenters. The van der Waals surface area contributed by atoms with Crippen molar-refractivity contribution in [1.29, 1.82) is 0 Å². The van der Waals surface area contributed by atoms with Gasteiger partial charge in [0.05, 0.1) is 5.56 Å². The molecule has 5 heteroatoms. The van der Waals surface area contributed by atoms with E-state index in [0.717, 1.165) is 19.5 Å². The number of nitrogens with one attached hydrogen (secondary N) is 2. The lowest BCUT2D eigenvalue weighted by Crippen LogP contribution is -2.45. The summed E-state index contributed by atoms with van der Waals surface area (Å²) >= 11 is 0. The standard InChI is InChI=1S/C14H21N3O2/c1-2-17(10-12-5-3-4-8-15-12)14(19)11-6-7-13(18)16-9-11/h6-7,9,12,15H,2-5,8,10H2,1H3,(H,16,18). The number of nitrogens with zero attached hydrogens (tertiary/aromatic N) is 1. The number of rotatable bonds is 4. The van der Waals surface area contributed by atoms with E-state index in [1.54, 1.807) is 6.07 Å². The van der Waals surface area contributed by atoms with E-state index < -0.39 is 0 Å². The molecule has 1 aliphatic heterocycles. The summed E-state index contributed by atoms with van der Waals surface area (Å²) in [7, 11) is 0. The Balaban J connectivity index is 2.01. The number of H-pyrrole nitrogens is 1. The molecule has 1 amide bonds. The van der Waals surface area contributed by atoms with Gasteiger partial charge in [-0.1, -0.05) is 6.42 Å². The van der Waals surface area contributed by atoms with Crippen molar-refractivity contribution in [3.8, 4) is 0 Å². The molecule has 2 heterocycles. The summed E-state index contributed by atoms with van der Waals surface area (Å²) in [5, 5.41) is 3.45. The second-order valence-corrected chi connectivity index (χ2v) is 4.93. The van der Waals surface area contributed by atoms with Crippen molar-refractivity contribution in [1.82, 2.24) is 15.2 Å². The molecule has 1 aromatic rings. The first-order valence-corrected chi connectivity index (χ1v) is 6.92. The maximum Gasteiger partial charge on any atom is 0.255 e. The quantitative estimate of drug-likeness (QED) is 0.851. The fraction of sp³-hybridized carbons (Fsp3) is 0.571. The van der Waals surface area contributed by atoms with E-state index in [2.05, 4.69) is 10.3 Å². The average molecular weight is 263 g/mol. The number of aromatic nitrogens is 1. The summed E-state index contributed by atoms with van der Waals surface area (Å²) in [6.45, 7) is 4.42. The van der Waals surface area contributed by atoms with E-state index >= 15 is 0 Å². The van der Waals surface area contributed by atoms with Crippen LogP contribution in [0.5, 0.6) is 0 Å². The molecule has 19 heavy (non-hydrogen) atoms. The molecule has 2 N–H and O–H groups in total. The zero-order chi connectivity index (χ0) is 13.7. The van der Waals surface area contributed by atoms with E-state index in [-0.39, 0.29) is 11.5 Å². The first kappa shape index (κ1) is 13.8. The van der Waals surface area contributed by atoms with E-state index in [0.29, 0.717) is 18.2 Å². The van der Waals surface area contributed by atoms with Gasteiger partial charge in [-0.25, -0.2) is 0 Å². The van der Waals surface area contributed by atoms with E-state index in [1.165, 1.54) is 25.1 Å². The lowest BCUT2D eigenvalue weighted by molar-refractivity contribution is 0.0741. The third-order valence-corrected chi connectivity index (χ3v) is 3.55. The first-order valence-electron chi connectivity index (χ1n) is 6.92. The second-order valence-electron chi connectivity index (χ2n) is 4.93. The molecule has 2 rings (SSSR count). The summed E-state index contributed by atoms with van der Waals surface area (Å²) in [6.07, 6.45) is 5.05. The lowest BCUT2D eigenvalue weighted by Gasteiger charge is -2.30. The zero-order valence-corrected chi connectivity index (χ0v) is 11.3. The molecule has 0 bridgehead atoms. The summed E-state index contributed by atoms with van der Waals surface area (Å²) in [6, 6.07) is 3.36. The van der Waals surface area contributed by atoms with Crippen molar-refractivity contribution in [3.63, 3.8) is 0 Å². The Morgan fingerprint density at radius 1 is 1.42 bits per heavy atom. The van der Waals surface area contributed by atoms with Crippen LogP contribution in [0, 0.1) is 0 Å². The molecule has 5 nitrogen and oxygen atoms in total. The summed E-state index contributed by atoms with van der Waals surface area (Å²) in [5.41, 5.74) is 0.353. The smallest absolute Gasteiger partial charge is 0.255 e. The van der Waals surface area contributed by atoms with Gasteiger partial charge < -0.3 is 15.2 Å². The number of pyridine rings is 1. The highest BCUT2D eigenvalue weighted by atomic mass is 16.2. The highest BCUT2D eigenvalue weighted by Crippen LogP contribution is 2.10. The topological polar surface area (TPSA) is 65.2 Å². The van der Waals surface area contributed by atoms with Crippen LogP contribution in [0.2, 0.25) is 0 Å². The Hall–Kier alpha value is -1.62. The summed E-state index contributed by atoms with van der Waals surface area (Å²) in [4.78, 5) is 27.7. The third-order valence-electron chi connectivity index (χ3n) is 3.55. The van der Waals surface area contributed by atoms with Gasteiger partial charge in [-0.3, -0.25) is 9.59 Å². The van der Waals surface area contributed by atoms with E-state index in [4.69, 9.17) is 0 Å². The molecule has 0 aliphatic carbocycles. The Kier molecular flexibility index (Phi) is 4.74. The number of carbonyl (C=O) groups is 1. The minimum absolute atomic E-state index is 0.0221. The van der Waals surface area contributed by atoms with Crippen LogP contribution in [-0.4, -0.2) is 41.5 Å². The molecule has 0 radical (unpaired) electrons. The average Bonchev–Trinajstić information content (AvgIpc) is 2.46. The molecular weight excluding hydrogens is 242 g/mol. The minimum Gasteiger partial charge on any atom is -0.337 e. The highest BCUT2D eigenvalue weighted by Gasteiger charge is 2.20. The second kappa shape index (κ2) is 6.52. The van der Waals surface area contributed by atoms with Gasteiger partial charge in [-0.05, 0) is 32.4 Å². The number of hydrogen-bond acceptors (Lipinski definition) is 3. The monoisotopic (exact) mass is 263 g/mol. The van der Waals surface area contributed by atoms with Gasteiger partial charge in [0, 0.05) is 31.4 Å². The Labute approximate surface area is 113 Å². The largest absolute Gasteiger partial charge is 0.337 e. The lowest BCUT2D eigenvalue weighted by atomic mass is 10.0. The fourth-order valence-corrected chi connectivity index (χ4v) is 2.43. The number of likely N-dealkylation sites (N-methyl/N-ethyl adjacent to an activating group) is 1. The van der Waals surface area contributed by atoms with Gasteiger partial charge in [0.1, 0.15) is 0 Å². The first-order chi connectivity index (χ1) is 9.20. The molecule has 0 spiro atoms. The normalized spacial score (nSPS) is 19.1. The van der Waals surface area contributed by atoms with Crippen molar-refractivity contribution in [2.75, 3.05) is 19.6 Å². The zero-order valence-electron chi connectivity index (χ0n) is 11.3. The number of piperidine rings is 1. The minimum atomic E-state index is -0.187. The van der Waals surface area contributed by atoms with Crippen LogP contribution in [0.1, 0.15) is 36.5 Å². The molecule has 1 aliphatic rings. The fourth-order valence-electron chi connectivity index (χ4n) is 2.43. The Bertz CT molecular complexity index is 457. The predicted molar refractivity (Wildman–Crippen MR) is 74.3 cm³/mol. The maximum absolute atomic E-state index is 12.3. The van der Waals surface area contributed by atoms with Gasteiger partial charge in [0.25, 0.3) is 5.91 Å². The molecule has 0 aromatic carbocycles. The van der Waals surface area contributed by atoms with Crippen LogP contribution < -0.4 is 10.9 Å². The van der Waals surface area contributed by atoms with Crippen molar-refractivity contribution in [2.24, 2.45) is 0 Å². The van der Waals surface area contributed by atoms with Gasteiger partial charge >= 0.3 is 0 Å². The van der Waals surface area contributed by atoms with Gasteiger partial charge in [-0.15, -0.1) is 0 Å². The number of hydrogen-bond donors (Lipinski definition) is 2. The summed E-state index contributed by atoms with van der Waals surface area (Å²) < 4.78 is 0. The molecule has 1 saturated heterocycles. The van der Waals surface area contributed by atoms with Crippen LogP contribution in [0.25, 0.3) is 0 Å². The maximum atomic E-state index is 12.3. The van der Waals surface area contributed by atoms with Crippen LogP contribution in [0.3, 0.4) is 0 Å². The molecule has 104 valence electrons. The van der Waals surface area contributed by atoms with Gasteiger partial charge in [0.15, 0.2) is 0 Å². The van der Waals surface area contributed by atoms with Gasteiger partial charge in [-0.2, -0.15) is 0 Å². The SMILES string of the molecule is CCN(CC1CCCCN1)C(=O)c1ccc(=O)[nH]c1. The van der Waals surface area contributed by atoms with E-state index in [9.17, 15) is 9.59 Å². The van der Waals surface area contributed by atoms with Gasteiger partial charge in [0.2, 0.25) is 5.56 Å². The van der Waals surface area contributed by atoms with Crippen molar-refractivity contribution in [2.45, 2.75) is 32.2 Å². The molecule has 1 aromatic heterocycles. The van der Waals surface area contributed by atoms with Crippen molar-refractivity contribution >= 4 is 5.91 Å².